The highest BCUT2D eigenvalue weighted by atomic mass is 16.5. The van der Waals surface area contributed by atoms with Crippen LogP contribution in [-0.4, -0.2) is 68.0 Å². The molecule has 0 N–H and O–H groups in total. The minimum absolute atomic E-state index is 0.0961. The van der Waals surface area contributed by atoms with Gasteiger partial charge in [-0.1, -0.05) is 60.7 Å². The van der Waals surface area contributed by atoms with Crippen LogP contribution in [0.2, 0.25) is 0 Å². The Morgan fingerprint density at radius 2 is 1.41 bits per heavy atom. The van der Waals surface area contributed by atoms with Crippen LogP contribution in [-0.2, 0) is 21.4 Å². The van der Waals surface area contributed by atoms with E-state index in [9.17, 15) is 9.59 Å². The average molecular weight is 498 g/mol. The molecule has 2 amide bonds. The van der Waals surface area contributed by atoms with E-state index in [1.54, 1.807) is 7.11 Å². The van der Waals surface area contributed by atoms with Crippen LogP contribution in [0.15, 0.2) is 84.9 Å². The van der Waals surface area contributed by atoms with Gasteiger partial charge in [0, 0.05) is 45.0 Å². The second-order valence-electron chi connectivity index (χ2n) is 9.97. The monoisotopic (exact) mass is 497 g/mol. The highest BCUT2D eigenvalue weighted by Crippen LogP contribution is 2.38. The van der Waals surface area contributed by atoms with Gasteiger partial charge >= 0.3 is 0 Å². The third-order valence-corrected chi connectivity index (χ3v) is 7.88. The fourth-order valence-corrected chi connectivity index (χ4v) is 5.70. The summed E-state index contributed by atoms with van der Waals surface area (Å²) in [6.07, 6.45) is 1.61. The average Bonchev–Trinajstić information content (AvgIpc) is 2.98. The summed E-state index contributed by atoms with van der Waals surface area (Å²) in [5.74, 6) is 1.05. The molecule has 192 valence electrons. The molecule has 2 aliphatic heterocycles. The van der Waals surface area contributed by atoms with Crippen molar-refractivity contribution < 1.29 is 14.3 Å². The van der Waals surface area contributed by atoms with Crippen LogP contribution >= 0.6 is 0 Å². The van der Waals surface area contributed by atoms with Crippen LogP contribution in [0.1, 0.15) is 24.0 Å². The molecule has 0 aromatic heterocycles. The normalized spacial score (nSPS) is 17.4. The number of carbonyl (C=O) groups excluding carboxylic acids is 2. The fourth-order valence-electron chi connectivity index (χ4n) is 5.70. The quantitative estimate of drug-likeness (QED) is 0.514. The molecule has 0 atom stereocenters. The Balaban J connectivity index is 1.28. The maximum Gasteiger partial charge on any atom is 0.233 e. The van der Waals surface area contributed by atoms with Crippen molar-refractivity contribution in [2.24, 2.45) is 0 Å². The third-order valence-electron chi connectivity index (χ3n) is 7.88. The van der Waals surface area contributed by atoms with Crippen LogP contribution in [0.4, 0.5) is 5.69 Å². The van der Waals surface area contributed by atoms with E-state index in [1.165, 1.54) is 5.69 Å². The largest absolute Gasteiger partial charge is 0.497 e. The summed E-state index contributed by atoms with van der Waals surface area (Å²) in [6, 6.07) is 28.2. The van der Waals surface area contributed by atoms with E-state index in [0.29, 0.717) is 45.4 Å². The summed E-state index contributed by atoms with van der Waals surface area (Å²) < 4.78 is 5.30. The van der Waals surface area contributed by atoms with Gasteiger partial charge < -0.3 is 19.4 Å². The van der Waals surface area contributed by atoms with Crippen LogP contribution in [0.25, 0.3) is 0 Å². The van der Waals surface area contributed by atoms with E-state index in [-0.39, 0.29) is 11.8 Å². The molecule has 2 heterocycles. The first kappa shape index (κ1) is 24.9. The van der Waals surface area contributed by atoms with Gasteiger partial charge in [-0.3, -0.25) is 9.59 Å². The Hall–Kier alpha value is -3.80. The molecule has 3 aromatic carbocycles. The van der Waals surface area contributed by atoms with Gasteiger partial charge in [0.2, 0.25) is 11.8 Å². The number of piperazine rings is 1. The summed E-state index contributed by atoms with van der Waals surface area (Å²) in [7, 11) is 1.63. The topological polar surface area (TPSA) is 53.1 Å². The summed E-state index contributed by atoms with van der Waals surface area (Å²) in [5, 5.41) is 0. The molecule has 37 heavy (non-hydrogen) atoms. The number of ether oxygens (including phenoxy) is 1. The Morgan fingerprint density at radius 1 is 0.757 bits per heavy atom. The molecule has 2 saturated heterocycles. The van der Waals surface area contributed by atoms with Gasteiger partial charge in [-0.05, 0) is 48.2 Å². The minimum Gasteiger partial charge on any atom is -0.497 e. The zero-order chi connectivity index (χ0) is 25.7. The predicted molar refractivity (Wildman–Crippen MR) is 146 cm³/mol. The molecule has 2 aliphatic rings. The van der Waals surface area contributed by atoms with E-state index in [1.807, 2.05) is 58.3 Å². The van der Waals surface area contributed by atoms with Crippen LogP contribution in [0.5, 0.6) is 5.75 Å². The lowest BCUT2D eigenvalue weighted by atomic mass is 9.71. The molecule has 6 nitrogen and oxygen atoms in total. The Kier molecular flexibility index (Phi) is 7.45. The standard InChI is InChI=1S/C31H35N3O3/c1-37-28-14-8-9-25(23-28)24-29(35)33-17-15-31(16-18-33,26-10-4-2-5-11-26)30(36)34-21-19-32(20-22-34)27-12-6-3-7-13-27/h2-14,23H,15-22,24H2,1H3. The lowest BCUT2D eigenvalue weighted by Gasteiger charge is -2.45. The number of benzene rings is 3. The number of likely N-dealkylation sites (tertiary alicyclic amines) is 1. The van der Waals surface area contributed by atoms with Crippen molar-refractivity contribution in [1.82, 2.24) is 9.80 Å². The third kappa shape index (κ3) is 5.33. The van der Waals surface area contributed by atoms with E-state index < -0.39 is 5.41 Å². The van der Waals surface area contributed by atoms with E-state index in [0.717, 1.165) is 30.0 Å². The summed E-state index contributed by atoms with van der Waals surface area (Å²) in [5.41, 5.74) is 2.61. The van der Waals surface area contributed by atoms with Crippen molar-refractivity contribution in [3.8, 4) is 5.75 Å². The molecule has 0 spiro atoms. The number of nitrogens with zero attached hydrogens (tertiary/aromatic N) is 3. The molecule has 0 aliphatic carbocycles. The number of methoxy groups -OCH3 is 1. The van der Waals surface area contributed by atoms with Gasteiger partial charge in [0.05, 0.1) is 18.9 Å². The molecule has 0 saturated carbocycles. The lowest BCUT2D eigenvalue weighted by molar-refractivity contribution is -0.143. The number of rotatable bonds is 6. The van der Waals surface area contributed by atoms with E-state index in [4.69, 9.17) is 4.74 Å². The van der Waals surface area contributed by atoms with Crippen molar-refractivity contribution >= 4 is 17.5 Å². The van der Waals surface area contributed by atoms with Gasteiger partial charge in [0.15, 0.2) is 0 Å². The maximum absolute atomic E-state index is 14.1. The van der Waals surface area contributed by atoms with E-state index >= 15 is 0 Å². The maximum atomic E-state index is 14.1. The summed E-state index contributed by atoms with van der Waals surface area (Å²) in [4.78, 5) is 33.6. The number of para-hydroxylation sites is 1. The number of carbonyl (C=O) groups is 2. The van der Waals surface area contributed by atoms with Gasteiger partial charge in [0.1, 0.15) is 5.75 Å². The summed E-state index contributed by atoms with van der Waals surface area (Å²) in [6.45, 7) is 4.22. The highest BCUT2D eigenvalue weighted by molar-refractivity contribution is 5.89. The molecular weight excluding hydrogens is 462 g/mol. The molecule has 0 bridgehead atoms. The van der Waals surface area contributed by atoms with Crippen LogP contribution < -0.4 is 9.64 Å². The molecule has 3 aromatic rings. The molecule has 0 radical (unpaired) electrons. The fraction of sp³-hybridized carbons (Fsp3) is 0.355. The first-order valence-corrected chi connectivity index (χ1v) is 13.1. The Morgan fingerprint density at radius 3 is 2.05 bits per heavy atom. The first-order valence-electron chi connectivity index (χ1n) is 13.1. The molecule has 2 fully saturated rings. The Labute approximate surface area is 219 Å². The molecule has 5 rings (SSSR count). The van der Waals surface area contributed by atoms with Crippen LogP contribution in [0, 0.1) is 0 Å². The number of piperidine rings is 1. The molecule has 0 unspecified atom stereocenters. The number of hydrogen-bond acceptors (Lipinski definition) is 4. The second kappa shape index (κ2) is 11.1. The van der Waals surface area contributed by atoms with Gasteiger partial charge in [-0.2, -0.15) is 0 Å². The zero-order valence-electron chi connectivity index (χ0n) is 21.5. The van der Waals surface area contributed by atoms with Crippen molar-refractivity contribution in [1.29, 1.82) is 0 Å². The highest BCUT2D eigenvalue weighted by Gasteiger charge is 2.46. The van der Waals surface area contributed by atoms with Crippen molar-refractivity contribution in [2.75, 3.05) is 51.3 Å². The van der Waals surface area contributed by atoms with Crippen molar-refractivity contribution in [3.63, 3.8) is 0 Å². The number of anilines is 1. The molecular formula is C31H35N3O3. The predicted octanol–water partition coefficient (Wildman–Crippen LogP) is 4.15. The Bertz CT molecular complexity index is 1200. The second-order valence-corrected chi connectivity index (χ2v) is 9.97. The van der Waals surface area contributed by atoms with Crippen molar-refractivity contribution in [3.05, 3.63) is 96.1 Å². The zero-order valence-corrected chi connectivity index (χ0v) is 21.5. The van der Waals surface area contributed by atoms with Gasteiger partial charge in [0.25, 0.3) is 0 Å². The first-order chi connectivity index (χ1) is 18.1. The molecule has 6 heteroatoms. The summed E-state index contributed by atoms with van der Waals surface area (Å²) >= 11 is 0. The number of hydrogen-bond donors (Lipinski definition) is 0. The number of amides is 2. The SMILES string of the molecule is COc1cccc(CC(=O)N2CCC(C(=O)N3CCN(c4ccccc4)CC3)(c3ccccc3)CC2)c1. The lowest BCUT2D eigenvalue weighted by Crippen LogP contribution is -2.58. The van der Waals surface area contributed by atoms with Gasteiger partial charge in [-0.25, -0.2) is 0 Å². The van der Waals surface area contributed by atoms with Gasteiger partial charge in [-0.15, -0.1) is 0 Å². The minimum atomic E-state index is -0.594. The van der Waals surface area contributed by atoms with Crippen LogP contribution in [0.3, 0.4) is 0 Å². The van der Waals surface area contributed by atoms with Crippen molar-refractivity contribution in [2.45, 2.75) is 24.7 Å². The van der Waals surface area contributed by atoms with E-state index in [2.05, 4.69) is 41.3 Å². The smallest absolute Gasteiger partial charge is 0.233 e.